The van der Waals surface area contributed by atoms with E-state index in [0.29, 0.717) is 15.6 Å². The third-order valence-corrected chi connectivity index (χ3v) is 4.40. The van der Waals surface area contributed by atoms with Gasteiger partial charge in [0.2, 0.25) is 0 Å². The van der Waals surface area contributed by atoms with Crippen LogP contribution in [0.2, 0.25) is 5.02 Å². The monoisotopic (exact) mass is 329 g/mol. The van der Waals surface area contributed by atoms with Crippen molar-refractivity contribution < 1.29 is 9.59 Å². The number of rotatable bonds is 2. The first-order valence-electron chi connectivity index (χ1n) is 6.65. The number of para-hydroxylation sites is 1. The molecular weight excluding hydrogens is 318 g/mol. The van der Waals surface area contributed by atoms with Crippen LogP contribution < -0.4 is 4.90 Å². The molecule has 0 aromatic heterocycles. The first kappa shape index (κ1) is 14.9. The van der Waals surface area contributed by atoms with Gasteiger partial charge in [-0.15, -0.1) is 0 Å². The average Bonchev–Trinajstić information content (AvgIpc) is 2.74. The third kappa shape index (κ3) is 2.80. The zero-order valence-corrected chi connectivity index (χ0v) is 13.3. The Bertz CT molecular complexity index is 801. The molecule has 2 aromatic rings. The number of benzene rings is 2. The van der Waals surface area contributed by atoms with Gasteiger partial charge in [-0.2, -0.15) is 0 Å². The van der Waals surface area contributed by atoms with Crippen LogP contribution in [0.5, 0.6) is 0 Å². The van der Waals surface area contributed by atoms with Crippen LogP contribution in [0.1, 0.15) is 11.1 Å². The van der Waals surface area contributed by atoms with Crippen LogP contribution in [-0.4, -0.2) is 11.1 Å². The Hall–Kier alpha value is -2.04. The van der Waals surface area contributed by atoms with Crippen LogP contribution in [0.4, 0.5) is 10.5 Å². The maximum atomic E-state index is 12.5. The highest BCUT2D eigenvalue weighted by atomic mass is 35.5. The van der Waals surface area contributed by atoms with Crippen molar-refractivity contribution in [3.05, 3.63) is 69.6 Å². The van der Waals surface area contributed by atoms with Gasteiger partial charge in [0.15, 0.2) is 0 Å². The minimum Gasteiger partial charge on any atom is -0.268 e. The van der Waals surface area contributed by atoms with Crippen molar-refractivity contribution in [2.24, 2.45) is 0 Å². The molecule has 1 aliphatic rings. The van der Waals surface area contributed by atoms with Gasteiger partial charge in [-0.05, 0) is 54.1 Å². The zero-order chi connectivity index (χ0) is 15.7. The minimum atomic E-state index is -0.302. The van der Waals surface area contributed by atoms with E-state index in [1.807, 2.05) is 31.2 Å². The predicted molar refractivity (Wildman–Crippen MR) is 91.1 cm³/mol. The standard InChI is InChI=1S/C17H12ClNO2S/c1-11-5-2-3-8-14(11)19-16(20)15(22-17(19)21)10-12-6-4-7-13(18)9-12/h2-10H,1H3/b15-10-. The van der Waals surface area contributed by atoms with E-state index in [2.05, 4.69) is 0 Å². The molecule has 0 N–H and O–H groups in total. The van der Waals surface area contributed by atoms with Gasteiger partial charge in [-0.1, -0.05) is 41.9 Å². The second-order valence-corrected chi connectivity index (χ2v) is 6.29. The molecule has 0 saturated carbocycles. The fourth-order valence-electron chi connectivity index (χ4n) is 2.24. The van der Waals surface area contributed by atoms with Crippen molar-refractivity contribution in [2.45, 2.75) is 6.92 Å². The number of carbonyl (C=O) groups is 2. The lowest BCUT2D eigenvalue weighted by molar-refractivity contribution is -0.113. The van der Waals surface area contributed by atoms with Crippen molar-refractivity contribution >= 4 is 46.3 Å². The summed E-state index contributed by atoms with van der Waals surface area (Å²) in [5, 5.41) is 0.305. The van der Waals surface area contributed by atoms with Crippen LogP contribution >= 0.6 is 23.4 Å². The summed E-state index contributed by atoms with van der Waals surface area (Å²) in [5.41, 5.74) is 2.30. The maximum absolute atomic E-state index is 12.5. The largest absolute Gasteiger partial charge is 0.298 e. The number of halogens is 1. The topological polar surface area (TPSA) is 37.4 Å². The molecule has 2 aromatic carbocycles. The Morgan fingerprint density at radius 3 is 2.59 bits per heavy atom. The molecular formula is C17H12ClNO2S. The third-order valence-electron chi connectivity index (χ3n) is 3.30. The SMILES string of the molecule is Cc1ccccc1N1C(=O)S/C(=C\c2cccc(Cl)c2)C1=O. The molecule has 1 fully saturated rings. The van der Waals surface area contributed by atoms with Gasteiger partial charge in [0, 0.05) is 5.02 Å². The molecule has 0 atom stereocenters. The summed E-state index contributed by atoms with van der Waals surface area (Å²) >= 11 is 6.88. The lowest BCUT2D eigenvalue weighted by Crippen LogP contribution is -2.28. The van der Waals surface area contributed by atoms with E-state index >= 15 is 0 Å². The Labute approximate surface area is 137 Å². The van der Waals surface area contributed by atoms with E-state index in [0.717, 1.165) is 22.9 Å². The summed E-state index contributed by atoms with van der Waals surface area (Å²) in [6.45, 7) is 1.87. The number of anilines is 1. The molecule has 1 saturated heterocycles. The molecule has 0 bridgehead atoms. The average molecular weight is 330 g/mol. The zero-order valence-electron chi connectivity index (χ0n) is 11.7. The molecule has 22 heavy (non-hydrogen) atoms. The van der Waals surface area contributed by atoms with Crippen LogP contribution in [0.3, 0.4) is 0 Å². The lowest BCUT2D eigenvalue weighted by atomic mass is 10.1. The number of amides is 2. The first-order valence-corrected chi connectivity index (χ1v) is 7.85. The lowest BCUT2D eigenvalue weighted by Gasteiger charge is -2.14. The quantitative estimate of drug-likeness (QED) is 0.736. The van der Waals surface area contributed by atoms with Crippen molar-refractivity contribution in [1.29, 1.82) is 0 Å². The van der Waals surface area contributed by atoms with Crippen LogP contribution in [0, 0.1) is 6.92 Å². The molecule has 0 aliphatic carbocycles. The van der Waals surface area contributed by atoms with Crippen molar-refractivity contribution in [3.63, 3.8) is 0 Å². The van der Waals surface area contributed by atoms with Crippen molar-refractivity contribution in [2.75, 3.05) is 4.90 Å². The first-order chi connectivity index (χ1) is 10.6. The summed E-state index contributed by atoms with van der Waals surface area (Å²) in [6, 6.07) is 14.5. The summed E-state index contributed by atoms with van der Waals surface area (Å²) in [6.07, 6.45) is 1.69. The molecule has 3 rings (SSSR count). The predicted octanol–water partition coefficient (Wildman–Crippen LogP) is 4.89. The highest BCUT2D eigenvalue weighted by Gasteiger charge is 2.36. The number of hydrogen-bond donors (Lipinski definition) is 0. The molecule has 1 aliphatic heterocycles. The van der Waals surface area contributed by atoms with Crippen LogP contribution in [0.25, 0.3) is 6.08 Å². The number of thioether (sulfide) groups is 1. The Morgan fingerprint density at radius 1 is 1.09 bits per heavy atom. The number of carbonyl (C=O) groups excluding carboxylic acids is 2. The van der Waals surface area contributed by atoms with E-state index in [4.69, 9.17) is 11.6 Å². The maximum Gasteiger partial charge on any atom is 0.298 e. The molecule has 3 nitrogen and oxygen atoms in total. The van der Waals surface area contributed by atoms with Gasteiger partial charge in [-0.25, -0.2) is 4.90 Å². The van der Waals surface area contributed by atoms with Crippen LogP contribution in [-0.2, 0) is 4.79 Å². The number of hydrogen-bond acceptors (Lipinski definition) is 3. The second-order valence-electron chi connectivity index (χ2n) is 4.86. The summed E-state index contributed by atoms with van der Waals surface area (Å²) in [7, 11) is 0. The van der Waals surface area contributed by atoms with Gasteiger partial charge in [0.25, 0.3) is 11.1 Å². The highest BCUT2D eigenvalue weighted by Crippen LogP contribution is 2.36. The van der Waals surface area contributed by atoms with E-state index in [-0.39, 0.29) is 11.1 Å². The molecule has 0 unspecified atom stereocenters. The fourth-order valence-corrected chi connectivity index (χ4v) is 3.27. The highest BCUT2D eigenvalue weighted by molar-refractivity contribution is 8.19. The molecule has 2 amide bonds. The number of nitrogens with zero attached hydrogens (tertiary/aromatic N) is 1. The Balaban J connectivity index is 1.97. The van der Waals surface area contributed by atoms with Gasteiger partial charge in [0.05, 0.1) is 10.6 Å². The number of imide groups is 1. The van der Waals surface area contributed by atoms with Crippen molar-refractivity contribution in [1.82, 2.24) is 0 Å². The smallest absolute Gasteiger partial charge is 0.268 e. The molecule has 110 valence electrons. The summed E-state index contributed by atoms with van der Waals surface area (Å²) in [5.74, 6) is -0.302. The molecule has 1 heterocycles. The van der Waals surface area contributed by atoms with E-state index in [1.165, 1.54) is 4.90 Å². The molecule has 0 radical (unpaired) electrons. The van der Waals surface area contributed by atoms with Gasteiger partial charge >= 0.3 is 0 Å². The van der Waals surface area contributed by atoms with Crippen molar-refractivity contribution in [3.8, 4) is 0 Å². The summed E-state index contributed by atoms with van der Waals surface area (Å²) in [4.78, 5) is 26.4. The normalized spacial score (nSPS) is 16.6. The van der Waals surface area contributed by atoms with Gasteiger partial charge in [-0.3, -0.25) is 9.59 Å². The van der Waals surface area contributed by atoms with Gasteiger partial charge < -0.3 is 0 Å². The van der Waals surface area contributed by atoms with E-state index < -0.39 is 0 Å². The summed E-state index contributed by atoms with van der Waals surface area (Å²) < 4.78 is 0. The van der Waals surface area contributed by atoms with E-state index in [9.17, 15) is 9.59 Å². The fraction of sp³-hybridized carbons (Fsp3) is 0.0588. The van der Waals surface area contributed by atoms with Gasteiger partial charge in [0.1, 0.15) is 0 Å². The number of aryl methyl sites for hydroxylation is 1. The Kier molecular flexibility index (Phi) is 4.05. The Morgan fingerprint density at radius 2 is 1.86 bits per heavy atom. The van der Waals surface area contributed by atoms with E-state index in [1.54, 1.807) is 30.3 Å². The second kappa shape index (κ2) is 5.99. The minimum absolute atomic E-state index is 0.285. The molecule has 0 spiro atoms. The molecule has 5 heteroatoms. The van der Waals surface area contributed by atoms with Crippen LogP contribution in [0.15, 0.2) is 53.4 Å².